The van der Waals surface area contributed by atoms with Crippen LogP contribution >= 0.6 is 0 Å². The second-order valence-electron chi connectivity index (χ2n) is 3.08. The molecular weight excluding hydrogens is 263 g/mol. The molecule has 0 atom stereocenters. The molecule has 102 valence electrons. The summed E-state index contributed by atoms with van der Waals surface area (Å²) in [6.45, 7) is -0.277. The van der Waals surface area contributed by atoms with E-state index in [1.54, 1.807) is 0 Å². The van der Waals surface area contributed by atoms with Crippen molar-refractivity contribution in [1.82, 2.24) is 4.98 Å². The highest BCUT2D eigenvalue weighted by Gasteiger charge is 2.36. The van der Waals surface area contributed by atoms with E-state index >= 15 is 0 Å². The molecule has 0 saturated heterocycles. The van der Waals surface area contributed by atoms with Crippen LogP contribution in [0.15, 0.2) is 6.20 Å². The Bertz CT molecular complexity index is 422. The fourth-order valence-corrected chi connectivity index (χ4v) is 1.26. The van der Waals surface area contributed by atoms with Gasteiger partial charge in [0.1, 0.15) is 0 Å². The van der Waals surface area contributed by atoms with Crippen molar-refractivity contribution in [3.05, 3.63) is 17.5 Å². The molecule has 2 N–H and O–H groups in total. The lowest BCUT2D eigenvalue weighted by atomic mass is 10.2. The van der Waals surface area contributed by atoms with E-state index in [-0.39, 0.29) is 12.2 Å². The van der Waals surface area contributed by atoms with Crippen molar-refractivity contribution in [3.63, 3.8) is 0 Å². The fourth-order valence-electron chi connectivity index (χ4n) is 1.26. The maximum atomic E-state index is 12.6. The molecule has 0 radical (unpaired) electrons. The summed E-state index contributed by atoms with van der Waals surface area (Å²) < 4.78 is 69.8. The first-order chi connectivity index (χ1) is 8.30. The predicted octanol–water partition coefficient (Wildman–Crippen LogP) is 2.39. The van der Waals surface area contributed by atoms with Gasteiger partial charge in [-0.2, -0.15) is 0 Å². The normalized spacial score (nSPS) is 11.8. The lowest BCUT2D eigenvalue weighted by Gasteiger charge is -2.17. The van der Waals surface area contributed by atoms with Gasteiger partial charge >= 0.3 is 6.36 Å². The van der Waals surface area contributed by atoms with Crippen LogP contribution in [-0.2, 0) is 6.54 Å². The van der Waals surface area contributed by atoms with Gasteiger partial charge in [-0.3, -0.25) is 4.98 Å². The van der Waals surface area contributed by atoms with Gasteiger partial charge in [0.05, 0.1) is 18.4 Å². The third kappa shape index (κ3) is 3.19. The molecule has 0 fully saturated rings. The predicted molar refractivity (Wildman–Crippen MR) is 50.3 cm³/mol. The van der Waals surface area contributed by atoms with Crippen molar-refractivity contribution < 1.29 is 31.4 Å². The molecule has 1 aromatic rings. The molecule has 0 unspecified atom stereocenters. The Kier molecular flexibility index (Phi) is 4.28. The second-order valence-corrected chi connectivity index (χ2v) is 3.08. The van der Waals surface area contributed by atoms with Crippen LogP contribution in [0.25, 0.3) is 0 Å². The lowest BCUT2D eigenvalue weighted by Crippen LogP contribution is -2.20. The van der Waals surface area contributed by atoms with Crippen LogP contribution in [0.2, 0.25) is 0 Å². The Hall–Kier alpha value is -1.64. The van der Waals surface area contributed by atoms with E-state index in [4.69, 9.17) is 5.73 Å². The van der Waals surface area contributed by atoms with Crippen molar-refractivity contribution in [2.45, 2.75) is 19.3 Å². The van der Waals surface area contributed by atoms with Crippen molar-refractivity contribution >= 4 is 0 Å². The van der Waals surface area contributed by atoms with Crippen LogP contribution in [-0.4, -0.2) is 18.5 Å². The number of aromatic nitrogens is 1. The van der Waals surface area contributed by atoms with Crippen LogP contribution in [0.1, 0.15) is 17.7 Å². The van der Waals surface area contributed by atoms with Crippen molar-refractivity contribution in [1.29, 1.82) is 0 Å². The average Bonchev–Trinajstić information content (AvgIpc) is 2.25. The number of alkyl halides is 5. The quantitative estimate of drug-likeness (QED) is 0.855. The first kappa shape index (κ1) is 14.4. The van der Waals surface area contributed by atoms with Gasteiger partial charge in [0.25, 0.3) is 6.43 Å². The van der Waals surface area contributed by atoms with Gasteiger partial charge in [-0.1, -0.05) is 0 Å². The van der Waals surface area contributed by atoms with E-state index in [0.29, 0.717) is 6.20 Å². The second kappa shape index (κ2) is 5.34. The minimum atomic E-state index is -5.12. The maximum absolute atomic E-state index is 12.6. The fraction of sp³-hybridized carbons (Fsp3) is 0.444. The van der Waals surface area contributed by atoms with Crippen molar-refractivity contribution in [3.8, 4) is 11.5 Å². The van der Waals surface area contributed by atoms with Crippen LogP contribution < -0.4 is 15.2 Å². The molecule has 0 aliphatic rings. The van der Waals surface area contributed by atoms with E-state index in [2.05, 4.69) is 14.5 Å². The zero-order valence-corrected chi connectivity index (χ0v) is 9.09. The van der Waals surface area contributed by atoms with Gasteiger partial charge in [-0.25, -0.2) is 8.78 Å². The number of pyridine rings is 1. The molecule has 0 saturated carbocycles. The highest BCUT2D eigenvalue weighted by atomic mass is 19.4. The molecule has 0 bridgehead atoms. The Balaban J connectivity index is 3.38. The third-order valence-corrected chi connectivity index (χ3v) is 1.94. The molecule has 0 aliphatic carbocycles. The largest absolute Gasteiger partial charge is 0.573 e. The first-order valence-corrected chi connectivity index (χ1v) is 4.59. The number of halogens is 5. The maximum Gasteiger partial charge on any atom is 0.573 e. The number of methoxy groups -OCH3 is 1. The number of hydrogen-bond acceptors (Lipinski definition) is 4. The number of hydrogen-bond donors (Lipinski definition) is 1. The van der Waals surface area contributed by atoms with E-state index in [9.17, 15) is 22.0 Å². The van der Waals surface area contributed by atoms with Gasteiger partial charge in [-0.05, 0) is 0 Å². The van der Waals surface area contributed by atoms with Gasteiger partial charge < -0.3 is 15.2 Å². The molecule has 1 heterocycles. The number of nitrogens with two attached hydrogens (primary N) is 1. The van der Waals surface area contributed by atoms with Crippen molar-refractivity contribution in [2.75, 3.05) is 7.11 Å². The van der Waals surface area contributed by atoms with Crippen LogP contribution in [0.4, 0.5) is 22.0 Å². The summed E-state index contributed by atoms with van der Waals surface area (Å²) in [6, 6.07) is 0. The molecule has 1 aromatic heterocycles. The number of ether oxygens (including phenoxy) is 2. The zero-order chi connectivity index (χ0) is 13.9. The Labute approximate surface area is 98.5 Å². The highest BCUT2D eigenvalue weighted by Crippen LogP contribution is 2.41. The minimum Gasteiger partial charge on any atom is -0.491 e. The van der Waals surface area contributed by atoms with E-state index in [1.807, 2.05) is 0 Å². The molecule has 4 nitrogen and oxygen atoms in total. The van der Waals surface area contributed by atoms with Gasteiger partial charge in [0.2, 0.25) is 0 Å². The summed E-state index contributed by atoms with van der Waals surface area (Å²) in [5.41, 5.74) is 4.10. The first-order valence-electron chi connectivity index (χ1n) is 4.59. The minimum absolute atomic E-state index is 0.110. The van der Waals surface area contributed by atoms with Gasteiger partial charge in [0.15, 0.2) is 11.5 Å². The standard InChI is InChI=1S/C9H9F5N2O2/c1-17-7-5(2-15)16-3-4(8(10)11)6(7)18-9(12,13)14/h3,8H,2,15H2,1H3. The summed E-state index contributed by atoms with van der Waals surface area (Å²) in [5.74, 6) is -1.66. The molecule has 9 heteroatoms. The third-order valence-electron chi connectivity index (χ3n) is 1.94. The SMILES string of the molecule is COc1c(CN)ncc(C(F)F)c1OC(F)(F)F. The van der Waals surface area contributed by atoms with Crippen LogP contribution in [0, 0.1) is 0 Å². The Morgan fingerprint density at radius 2 is 1.94 bits per heavy atom. The zero-order valence-electron chi connectivity index (χ0n) is 9.09. The summed E-state index contributed by atoms with van der Waals surface area (Å²) in [6.07, 6.45) is -7.73. The molecule has 1 rings (SSSR count). The monoisotopic (exact) mass is 272 g/mol. The Morgan fingerprint density at radius 1 is 1.33 bits per heavy atom. The van der Waals surface area contributed by atoms with Crippen LogP contribution in [0.3, 0.4) is 0 Å². The summed E-state index contributed by atoms with van der Waals surface area (Å²) in [4.78, 5) is 3.50. The molecule has 0 spiro atoms. The summed E-state index contributed by atoms with van der Waals surface area (Å²) in [7, 11) is 1.01. The Morgan fingerprint density at radius 3 is 2.33 bits per heavy atom. The average molecular weight is 272 g/mol. The smallest absolute Gasteiger partial charge is 0.491 e. The molecule has 0 aromatic carbocycles. The van der Waals surface area contributed by atoms with Crippen LogP contribution in [0.5, 0.6) is 11.5 Å². The van der Waals surface area contributed by atoms with Gasteiger partial charge in [-0.15, -0.1) is 13.2 Å². The number of nitrogens with zero attached hydrogens (tertiary/aromatic N) is 1. The summed E-state index contributed by atoms with van der Waals surface area (Å²) in [5, 5.41) is 0. The number of rotatable bonds is 4. The van der Waals surface area contributed by atoms with Gasteiger partial charge in [0, 0.05) is 12.7 Å². The molecule has 18 heavy (non-hydrogen) atoms. The van der Waals surface area contributed by atoms with E-state index in [0.717, 1.165) is 7.11 Å². The van der Waals surface area contributed by atoms with E-state index < -0.39 is 29.9 Å². The van der Waals surface area contributed by atoms with E-state index in [1.165, 1.54) is 0 Å². The summed E-state index contributed by atoms with van der Waals surface area (Å²) >= 11 is 0. The lowest BCUT2D eigenvalue weighted by molar-refractivity contribution is -0.275. The molecule has 0 aliphatic heterocycles. The molecule has 0 amide bonds. The highest BCUT2D eigenvalue weighted by molar-refractivity contribution is 5.49. The molecular formula is C9H9F5N2O2. The van der Waals surface area contributed by atoms with Crippen molar-refractivity contribution in [2.24, 2.45) is 5.73 Å². The topological polar surface area (TPSA) is 57.4 Å².